The smallest absolute Gasteiger partial charge is 0.262 e. The minimum absolute atomic E-state index is 0.109. The molecule has 1 atom stereocenters. The molecule has 2 amide bonds. The second-order valence-corrected chi connectivity index (χ2v) is 7.80. The van der Waals surface area contributed by atoms with Crippen LogP contribution in [0.5, 0.6) is 5.75 Å². The van der Waals surface area contributed by atoms with Crippen molar-refractivity contribution in [3.05, 3.63) is 52.9 Å². The Morgan fingerprint density at radius 1 is 1.26 bits per heavy atom. The highest BCUT2D eigenvalue weighted by Crippen LogP contribution is 2.34. The van der Waals surface area contributed by atoms with Crippen molar-refractivity contribution in [2.24, 2.45) is 0 Å². The SMILES string of the molecule is CNC(=O)C1CN(C(=O)Cc2csc(-c3cccs3)n2)c2ccccc2O1. The van der Waals surface area contributed by atoms with Crippen LogP contribution in [0.3, 0.4) is 0 Å². The van der Waals surface area contributed by atoms with Gasteiger partial charge in [0.25, 0.3) is 5.91 Å². The highest BCUT2D eigenvalue weighted by Gasteiger charge is 2.33. The first kappa shape index (κ1) is 17.7. The van der Waals surface area contributed by atoms with E-state index < -0.39 is 6.10 Å². The van der Waals surface area contributed by atoms with E-state index in [1.807, 2.05) is 41.1 Å². The lowest BCUT2D eigenvalue weighted by molar-refractivity contribution is -0.127. The highest BCUT2D eigenvalue weighted by atomic mass is 32.1. The van der Waals surface area contributed by atoms with Gasteiger partial charge in [0, 0.05) is 12.4 Å². The van der Waals surface area contributed by atoms with Gasteiger partial charge in [-0.05, 0) is 23.6 Å². The van der Waals surface area contributed by atoms with Crippen LogP contribution in [0.2, 0.25) is 0 Å². The molecule has 0 aliphatic carbocycles. The second kappa shape index (κ2) is 7.50. The number of ether oxygens (including phenoxy) is 1. The van der Waals surface area contributed by atoms with Crippen molar-refractivity contribution in [2.75, 3.05) is 18.5 Å². The molecule has 1 aliphatic heterocycles. The Labute approximate surface area is 164 Å². The maximum Gasteiger partial charge on any atom is 0.262 e. The number of para-hydroxylation sites is 2. The van der Waals surface area contributed by atoms with Crippen molar-refractivity contribution < 1.29 is 14.3 Å². The molecule has 0 spiro atoms. The van der Waals surface area contributed by atoms with E-state index >= 15 is 0 Å². The van der Waals surface area contributed by atoms with Crippen LogP contribution < -0.4 is 15.0 Å². The zero-order chi connectivity index (χ0) is 18.8. The molecule has 0 fully saturated rings. The van der Waals surface area contributed by atoms with Gasteiger partial charge in [-0.2, -0.15) is 0 Å². The third kappa shape index (κ3) is 3.58. The lowest BCUT2D eigenvalue weighted by Gasteiger charge is -2.34. The number of nitrogens with one attached hydrogen (secondary N) is 1. The molecule has 0 saturated heterocycles. The number of thiophene rings is 1. The van der Waals surface area contributed by atoms with Gasteiger partial charge in [-0.1, -0.05) is 18.2 Å². The summed E-state index contributed by atoms with van der Waals surface area (Å²) in [5.74, 6) is 0.168. The molecule has 0 saturated carbocycles. The molecule has 1 aliphatic rings. The van der Waals surface area contributed by atoms with Gasteiger partial charge in [-0.15, -0.1) is 22.7 Å². The Balaban J connectivity index is 1.56. The number of carbonyl (C=O) groups is 2. The van der Waals surface area contributed by atoms with E-state index in [-0.39, 0.29) is 24.8 Å². The molecule has 1 unspecified atom stereocenters. The fourth-order valence-corrected chi connectivity index (χ4v) is 4.55. The number of fused-ring (bicyclic) bond motifs is 1. The topological polar surface area (TPSA) is 71.5 Å². The van der Waals surface area contributed by atoms with Gasteiger partial charge in [0.2, 0.25) is 5.91 Å². The number of rotatable bonds is 4. The third-order valence-corrected chi connectivity index (χ3v) is 6.16. The van der Waals surface area contributed by atoms with Crippen LogP contribution in [0.1, 0.15) is 5.69 Å². The minimum atomic E-state index is -0.731. The lowest BCUT2D eigenvalue weighted by atomic mass is 10.1. The van der Waals surface area contributed by atoms with E-state index in [9.17, 15) is 9.59 Å². The van der Waals surface area contributed by atoms with Gasteiger partial charge in [0.15, 0.2) is 6.10 Å². The number of aromatic nitrogens is 1. The molecule has 2 aromatic heterocycles. The van der Waals surface area contributed by atoms with Gasteiger partial charge < -0.3 is 15.0 Å². The molecule has 3 aromatic rings. The highest BCUT2D eigenvalue weighted by molar-refractivity contribution is 7.20. The van der Waals surface area contributed by atoms with Crippen LogP contribution in [0, 0.1) is 0 Å². The molecule has 4 rings (SSSR count). The van der Waals surface area contributed by atoms with E-state index in [2.05, 4.69) is 10.3 Å². The van der Waals surface area contributed by atoms with E-state index in [0.29, 0.717) is 11.4 Å². The van der Waals surface area contributed by atoms with Crippen LogP contribution in [0.4, 0.5) is 5.69 Å². The Morgan fingerprint density at radius 3 is 2.89 bits per heavy atom. The van der Waals surface area contributed by atoms with Crippen molar-refractivity contribution in [2.45, 2.75) is 12.5 Å². The number of hydrogen-bond acceptors (Lipinski definition) is 6. The van der Waals surface area contributed by atoms with Crippen LogP contribution in [-0.2, 0) is 16.0 Å². The van der Waals surface area contributed by atoms with Crippen LogP contribution >= 0.6 is 22.7 Å². The van der Waals surface area contributed by atoms with Gasteiger partial charge in [0.1, 0.15) is 10.8 Å². The Hall–Kier alpha value is -2.71. The summed E-state index contributed by atoms with van der Waals surface area (Å²) < 4.78 is 5.75. The van der Waals surface area contributed by atoms with Crippen LogP contribution in [-0.4, -0.2) is 36.5 Å². The molecule has 0 bridgehead atoms. The molecule has 3 heterocycles. The van der Waals surface area contributed by atoms with Crippen molar-refractivity contribution >= 4 is 40.2 Å². The van der Waals surface area contributed by atoms with Crippen molar-refractivity contribution in [1.82, 2.24) is 10.3 Å². The number of thiazole rings is 1. The number of hydrogen-bond donors (Lipinski definition) is 1. The summed E-state index contributed by atoms with van der Waals surface area (Å²) in [7, 11) is 1.56. The third-order valence-electron chi connectivity index (χ3n) is 4.23. The monoisotopic (exact) mass is 399 g/mol. The Morgan fingerprint density at radius 2 is 2.11 bits per heavy atom. The van der Waals surface area contributed by atoms with Gasteiger partial charge in [-0.3, -0.25) is 9.59 Å². The molecule has 6 nitrogen and oxygen atoms in total. The fraction of sp³-hybridized carbons (Fsp3) is 0.211. The summed E-state index contributed by atoms with van der Waals surface area (Å²) in [6.07, 6.45) is -0.553. The maximum atomic E-state index is 13.0. The summed E-state index contributed by atoms with van der Waals surface area (Å²) in [4.78, 5) is 32.3. The van der Waals surface area contributed by atoms with Crippen LogP contribution in [0.25, 0.3) is 9.88 Å². The Kier molecular flexibility index (Phi) is 4.91. The molecule has 0 radical (unpaired) electrons. The van der Waals surface area contributed by atoms with Gasteiger partial charge in [-0.25, -0.2) is 4.98 Å². The molecule has 1 N–H and O–H groups in total. The number of anilines is 1. The molecule has 1 aromatic carbocycles. The zero-order valence-electron chi connectivity index (χ0n) is 14.5. The number of benzene rings is 1. The average Bonchev–Trinajstić information content (AvgIpc) is 3.38. The first-order chi connectivity index (χ1) is 13.2. The average molecular weight is 399 g/mol. The largest absolute Gasteiger partial charge is 0.477 e. The maximum absolute atomic E-state index is 13.0. The summed E-state index contributed by atoms with van der Waals surface area (Å²) in [6, 6.07) is 11.3. The van der Waals surface area contributed by atoms with Crippen LogP contribution in [0.15, 0.2) is 47.2 Å². The number of amides is 2. The van der Waals surface area contributed by atoms with Crippen molar-refractivity contribution in [1.29, 1.82) is 0 Å². The predicted molar refractivity (Wildman–Crippen MR) is 106 cm³/mol. The van der Waals surface area contributed by atoms with Crippen molar-refractivity contribution in [3.63, 3.8) is 0 Å². The fourth-order valence-electron chi connectivity index (χ4n) is 2.92. The first-order valence-corrected chi connectivity index (χ1v) is 10.2. The number of nitrogens with zero attached hydrogens (tertiary/aromatic N) is 2. The molecular formula is C19H17N3O3S2. The van der Waals surface area contributed by atoms with E-state index in [0.717, 1.165) is 15.6 Å². The zero-order valence-corrected chi connectivity index (χ0v) is 16.2. The quantitative estimate of drug-likeness (QED) is 0.732. The molecular weight excluding hydrogens is 382 g/mol. The van der Waals surface area contributed by atoms with E-state index in [1.54, 1.807) is 29.4 Å². The normalized spacial score (nSPS) is 15.7. The second-order valence-electron chi connectivity index (χ2n) is 5.99. The van der Waals surface area contributed by atoms with Crippen molar-refractivity contribution in [3.8, 4) is 15.6 Å². The number of likely N-dealkylation sites (N-methyl/N-ethyl adjacent to an activating group) is 1. The molecule has 27 heavy (non-hydrogen) atoms. The van der Waals surface area contributed by atoms with E-state index in [1.165, 1.54) is 11.3 Å². The van der Waals surface area contributed by atoms with Gasteiger partial charge >= 0.3 is 0 Å². The summed E-state index contributed by atoms with van der Waals surface area (Å²) in [5, 5.41) is 7.41. The summed E-state index contributed by atoms with van der Waals surface area (Å²) in [5.41, 5.74) is 1.41. The minimum Gasteiger partial charge on any atom is -0.477 e. The summed E-state index contributed by atoms with van der Waals surface area (Å²) in [6.45, 7) is 0.178. The summed E-state index contributed by atoms with van der Waals surface area (Å²) >= 11 is 3.15. The molecule has 138 valence electrons. The first-order valence-electron chi connectivity index (χ1n) is 8.41. The lowest BCUT2D eigenvalue weighted by Crippen LogP contribution is -2.50. The standard InChI is InChI=1S/C19H17N3O3S2/c1-20-18(24)15-10-22(13-5-2-3-6-14(13)25-15)17(23)9-12-11-27-19(21-12)16-7-4-8-26-16/h2-8,11,15H,9-10H2,1H3,(H,20,24). The van der Waals surface area contributed by atoms with E-state index in [4.69, 9.17) is 4.74 Å². The predicted octanol–water partition coefficient (Wildman–Crippen LogP) is 2.95. The van der Waals surface area contributed by atoms with Gasteiger partial charge in [0.05, 0.1) is 29.2 Å². The Bertz CT molecular complexity index is 968. The number of carbonyl (C=O) groups excluding carboxylic acids is 2. The molecule has 8 heteroatoms.